The molecule has 0 rings (SSSR count). The summed E-state index contributed by atoms with van der Waals surface area (Å²) < 4.78 is 0. The van der Waals surface area contributed by atoms with Crippen molar-refractivity contribution in [2.75, 3.05) is 0 Å². The number of nitrogens with two attached hydrogens (primary N) is 1. The number of amides is 1. The Morgan fingerprint density at radius 2 is 1.77 bits per heavy atom. The quantitative estimate of drug-likeness (QED) is 0.718. The number of hydrogen-bond donors (Lipinski definition) is 1. The maximum atomic E-state index is 10.6. The van der Waals surface area contributed by atoms with Gasteiger partial charge in [-0.2, -0.15) is 0 Å². The van der Waals surface area contributed by atoms with Crippen LogP contribution in [0.25, 0.3) is 0 Å². The van der Waals surface area contributed by atoms with Gasteiger partial charge >= 0.3 is 0 Å². The first-order chi connectivity index (χ1) is 5.75. The molecule has 1 amide bonds. The van der Waals surface area contributed by atoms with E-state index in [1.165, 1.54) is 0 Å². The van der Waals surface area contributed by atoms with Crippen molar-refractivity contribution in [2.45, 2.75) is 47.5 Å². The Hall–Kier alpha value is -0.530. The van der Waals surface area contributed by atoms with Gasteiger partial charge in [0.1, 0.15) is 0 Å². The Bertz CT molecular complexity index is 169. The topological polar surface area (TPSA) is 43.1 Å². The molecule has 0 heterocycles. The molecule has 0 aliphatic rings. The van der Waals surface area contributed by atoms with Crippen LogP contribution in [0.5, 0.6) is 0 Å². The minimum Gasteiger partial charge on any atom is -0.370 e. The summed E-state index contributed by atoms with van der Waals surface area (Å²) in [7, 11) is 0. The lowest BCUT2D eigenvalue weighted by Crippen LogP contribution is -2.25. The van der Waals surface area contributed by atoms with Gasteiger partial charge in [-0.3, -0.25) is 4.79 Å². The van der Waals surface area contributed by atoms with E-state index in [0.29, 0.717) is 23.7 Å². The number of hydrogen-bond acceptors (Lipinski definition) is 1. The van der Waals surface area contributed by atoms with Gasteiger partial charge in [0.25, 0.3) is 0 Å². The van der Waals surface area contributed by atoms with Crippen LogP contribution < -0.4 is 5.73 Å². The lowest BCUT2D eigenvalue weighted by atomic mass is 9.73. The van der Waals surface area contributed by atoms with Crippen LogP contribution in [-0.2, 0) is 4.79 Å². The second-order valence-corrected chi connectivity index (χ2v) is 5.14. The van der Waals surface area contributed by atoms with E-state index in [1.807, 2.05) is 0 Å². The summed E-state index contributed by atoms with van der Waals surface area (Å²) in [4.78, 5) is 10.6. The second-order valence-electron chi connectivity index (χ2n) is 5.14. The molecule has 0 aromatic heterocycles. The molecule has 0 saturated carbocycles. The Labute approximate surface area is 81.9 Å². The monoisotopic (exact) mass is 185 g/mol. The predicted molar refractivity (Wildman–Crippen MR) is 56.2 cm³/mol. The van der Waals surface area contributed by atoms with Crippen LogP contribution in [-0.4, -0.2) is 5.91 Å². The van der Waals surface area contributed by atoms with Gasteiger partial charge in [-0.15, -0.1) is 0 Å². The van der Waals surface area contributed by atoms with Crippen molar-refractivity contribution >= 4 is 5.91 Å². The highest BCUT2D eigenvalue weighted by Crippen LogP contribution is 2.33. The molecule has 0 aliphatic carbocycles. The van der Waals surface area contributed by atoms with Crippen LogP contribution in [0.3, 0.4) is 0 Å². The van der Waals surface area contributed by atoms with Crippen LogP contribution in [0.4, 0.5) is 0 Å². The Morgan fingerprint density at radius 3 is 2.08 bits per heavy atom. The molecule has 0 aromatic rings. The van der Waals surface area contributed by atoms with E-state index in [1.54, 1.807) is 0 Å². The molecule has 2 heteroatoms. The minimum atomic E-state index is -0.187. The maximum absolute atomic E-state index is 10.6. The van der Waals surface area contributed by atoms with Gasteiger partial charge in [-0.1, -0.05) is 34.6 Å². The summed E-state index contributed by atoms with van der Waals surface area (Å²) >= 11 is 0. The van der Waals surface area contributed by atoms with E-state index < -0.39 is 0 Å². The fourth-order valence-electron chi connectivity index (χ4n) is 1.47. The number of carbonyl (C=O) groups is 1. The zero-order valence-electron chi connectivity index (χ0n) is 9.55. The van der Waals surface area contributed by atoms with E-state index in [2.05, 4.69) is 34.6 Å². The van der Waals surface area contributed by atoms with Crippen molar-refractivity contribution in [2.24, 2.45) is 23.0 Å². The Balaban J connectivity index is 3.97. The molecule has 0 radical (unpaired) electrons. The SMILES string of the molecule is CC(CCC(N)=O)C(C)C(C)(C)C. The lowest BCUT2D eigenvalue weighted by molar-refractivity contribution is -0.118. The zero-order chi connectivity index (χ0) is 10.6. The average Bonchev–Trinajstić information content (AvgIpc) is 1.96. The van der Waals surface area contributed by atoms with E-state index in [-0.39, 0.29) is 5.91 Å². The summed E-state index contributed by atoms with van der Waals surface area (Å²) in [6.45, 7) is 11.1. The Kier molecular flexibility index (Phi) is 4.45. The normalized spacial score (nSPS) is 16.7. The Morgan fingerprint density at radius 1 is 1.31 bits per heavy atom. The van der Waals surface area contributed by atoms with Gasteiger partial charge in [0.05, 0.1) is 0 Å². The van der Waals surface area contributed by atoms with Crippen molar-refractivity contribution in [1.29, 1.82) is 0 Å². The van der Waals surface area contributed by atoms with Gasteiger partial charge in [-0.05, 0) is 23.7 Å². The first-order valence-electron chi connectivity index (χ1n) is 5.03. The highest BCUT2D eigenvalue weighted by atomic mass is 16.1. The van der Waals surface area contributed by atoms with Crippen LogP contribution in [0.1, 0.15) is 47.5 Å². The number of primary amides is 1. The van der Waals surface area contributed by atoms with Crippen LogP contribution in [0, 0.1) is 17.3 Å². The molecule has 0 aliphatic heterocycles. The molecule has 0 fully saturated rings. The van der Waals surface area contributed by atoms with E-state index in [9.17, 15) is 4.79 Å². The summed E-state index contributed by atoms with van der Waals surface area (Å²) in [6, 6.07) is 0. The van der Waals surface area contributed by atoms with Crippen LogP contribution in [0.15, 0.2) is 0 Å². The van der Waals surface area contributed by atoms with Gasteiger partial charge < -0.3 is 5.73 Å². The van der Waals surface area contributed by atoms with Gasteiger partial charge in [0.15, 0.2) is 0 Å². The van der Waals surface area contributed by atoms with Crippen molar-refractivity contribution in [1.82, 2.24) is 0 Å². The molecule has 2 nitrogen and oxygen atoms in total. The highest BCUT2D eigenvalue weighted by molar-refractivity contribution is 5.73. The molecule has 0 saturated heterocycles. The fourth-order valence-corrected chi connectivity index (χ4v) is 1.47. The zero-order valence-corrected chi connectivity index (χ0v) is 9.55. The molecule has 2 N–H and O–H groups in total. The maximum Gasteiger partial charge on any atom is 0.217 e. The first-order valence-corrected chi connectivity index (χ1v) is 5.03. The summed E-state index contributed by atoms with van der Waals surface area (Å²) in [5.74, 6) is 0.993. The molecule has 0 aromatic carbocycles. The molecule has 78 valence electrons. The van der Waals surface area contributed by atoms with Crippen molar-refractivity contribution in [3.8, 4) is 0 Å². The third kappa shape index (κ3) is 4.91. The largest absolute Gasteiger partial charge is 0.370 e. The van der Waals surface area contributed by atoms with Crippen molar-refractivity contribution < 1.29 is 4.79 Å². The molecule has 2 unspecified atom stereocenters. The van der Waals surface area contributed by atoms with E-state index >= 15 is 0 Å². The fraction of sp³-hybridized carbons (Fsp3) is 0.909. The lowest BCUT2D eigenvalue weighted by Gasteiger charge is -2.32. The minimum absolute atomic E-state index is 0.187. The van der Waals surface area contributed by atoms with Crippen LogP contribution >= 0.6 is 0 Å². The third-order valence-electron chi connectivity index (χ3n) is 3.07. The van der Waals surface area contributed by atoms with Gasteiger partial charge in [0, 0.05) is 6.42 Å². The average molecular weight is 185 g/mol. The van der Waals surface area contributed by atoms with E-state index in [4.69, 9.17) is 5.73 Å². The highest BCUT2D eigenvalue weighted by Gasteiger charge is 2.25. The smallest absolute Gasteiger partial charge is 0.217 e. The molecular weight excluding hydrogens is 162 g/mol. The van der Waals surface area contributed by atoms with Gasteiger partial charge in [-0.25, -0.2) is 0 Å². The molecule has 13 heavy (non-hydrogen) atoms. The van der Waals surface area contributed by atoms with Crippen molar-refractivity contribution in [3.63, 3.8) is 0 Å². The first kappa shape index (κ1) is 12.5. The van der Waals surface area contributed by atoms with Crippen molar-refractivity contribution in [3.05, 3.63) is 0 Å². The molecule has 0 spiro atoms. The predicted octanol–water partition coefficient (Wildman–Crippen LogP) is 2.57. The molecule has 2 atom stereocenters. The van der Waals surface area contributed by atoms with E-state index in [0.717, 1.165) is 6.42 Å². The summed E-state index contributed by atoms with van der Waals surface area (Å²) in [5, 5.41) is 0. The third-order valence-corrected chi connectivity index (χ3v) is 3.07. The number of carbonyl (C=O) groups excluding carboxylic acids is 1. The molecule has 0 bridgehead atoms. The van der Waals surface area contributed by atoms with Gasteiger partial charge in [0.2, 0.25) is 5.91 Å². The number of rotatable bonds is 4. The standard InChI is InChI=1S/C11H23NO/c1-8(6-7-10(12)13)9(2)11(3,4)5/h8-9H,6-7H2,1-5H3,(H2,12,13). The second kappa shape index (κ2) is 4.64. The van der Waals surface area contributed by atoms with Crippen LogP contribution in [0.2, 0.25) is 0 Å². The molecular formula is C11H23NO. The summed E-state index contributed by atoms with van der Waals surface area (Å²) in [5.41, 5.74) is 5.43. The summed E-state index contributed by atoms with van der Waals surface area (Å²) in [6.07, 6.45) is 1.43.